The maximum atomic E-state index is 6.36. The highest BCUT2D eigenvalue weighted by Crippen LogP contribution is 2.25. The summed E-state index contributed by atoms with van der Waals surface area (Å²) in [5.41, 5.74) is 9.81. The molecule has 0 heterocycles. The van der Waals surface area contributed by atoms with Crippen molar-refractivity contribution in [1.82, 2.24) is 0 Å². The third kappa shape index (κ3) is 3.36. The van der Waals surface area contributed by atoms with Crippen LogP contribution in [-0.2, 0) is 0 Å². The molecule has 0 aromatic heterocycles. The summed E-state index contributed by atoms with van der Waals surface area (Å²) in [6, 6.07) is 16.1. The van der Waals surface area contributed by atoms with Gasteiger partial charge in [0.25, 0.3) is 0 Å². The lowest BCUT2D eigenvalue weighted by atomic mass is 9.96. The Balaban J connectivity index is 2.29. The minimum absolute atomic E-state index is 0.114. The fraction of sp³-hybridized carbons (Fsp3) is 0.294. The predicted molar refractivity (Wildman–Crippen MR) is 79.4 cm³/mol. The number of benzene rings is 2. The van der Waals surface area contributed by atoms with Gasteiger partial charge in [0, 0.05) is 0 Å². The van der Waals surface area contributed by atoms with Gasteiger partial charge in [-0.3, -0.25) is 0 Å². The van der Waals surface area contributed by atoms with E-state index in [4.69, 9.17) is 10.5 Å². The van der Waals surface area contributed by atoms with Crippen molar-refractivity contribution >= 4 is 0 Å². The molecule has 2 nitrogen and oxygen atoms in total. The third-order valence-electron chi connectivity index (χ3n) is 3.11. The Morgan fingerprint density at radius 1 is 1.00 bits per heavy atom. The summed E-state index contributed by atoms with van der Waals surface area (Å²) in [6.45, 7) is 6.13. The molecule has 0 aliphatic rings. The van der Waals surface area contributed by atoms with E-state index >= 15 is 0 Å². The number of hydrogen-bond acceptors (Lipinski definition) is 2. The summed E-state index contributed by atoms with van der Waals surface area (Å²) in [7, 11) is 0. The highest BCUT2D eigenvalue weighted by Gasteiger charge is 2.11. The van der Waals surface area contributed by atoms with Gasteiger partial charge in [0.2, 0.25) is 0 Å². The lowest BCUT2D eigenvalue weighted by Gasteiger charge is -2.17. The molecular formula is C17H21NO. The van der Waals surface area contributed by atoms with E-state index in [0.29, 0.717) is 0 Å². The maximum absolute atomic E-state index is 6.36. The number of rotatable bonds is 4. The molecule has 0 aliphatic carbocycles. The van der Waals surface area contributed by atoms with E-state index in [1.54, 1.807) is 0 Å². The molecule has 0 saturated carbocycles. The van der Waals surface area contributed by atoms with Crippen LogP contribution in [0.1, 0.15) is 36.6 Å². The van der Waals surface area contributed by atoms with Crippen molar-refractivity contribution in [3.63, 3.8) is 0 Å². The van der Waals surface area contributed by atoms with Gasteiger partial charge in [-0.05, 0) is 49.6 Å². The number of nitrogens with two attached hydrogens (primary N) is 1. The second-order valence-electron chi connectivity index (χ2n) is 5.07. The molecule has 0 saturated heterocycles. The largest absolute Gasteiger partial charge is 0.491 e. The molecule has 0 spiro atoms. The molecule has 0 amide bonds. The third-order valence-corrected chi connectivity index (χ3v) is 3.11. The minimum atomic E-state index is -0.114. The van der Waals surface area contributed by atoms with Crippen LogP contribution in [0.3, 0.4) is 0 Å². The minimum Gasteiger partial charge on any atom is -0.491 e. The zero-order valence-electron chi connectivity index (χ0n) is 11.8. The van der Waals surface area contributed by atoms with E-state index in [9.17, 15) is 0 Å². The average Bonchev–Trinajstić information content (AvgIpc) is 2.38. The summed E-state index contributed by atoms with van der Waals surface area (Å²) in [5, 5.41) is 0. The first-order valence-corrected chi connectivity index (χ1v) is 6.65. The second-order valence-corrected chi connectivity index (χ2v) is 5.07. The fourth-order valence-electron chi connectivity index (χ4n) is 2.17. The molecule has 2 aromatic rings. The van der Waals surface area contributed by atoms with Gasteiger partial charge in [-0.1, -0.05) is 36.4 Å². The maximum Gasteiger partial charge on any atom is 0.120 e. The Labute approximate surface area is 115 Å². The van der Waals surface area contributed by atoms with Gasteiger partial charge in [0.15, 0.2) is 0 Å². The highest BCUT2D eigenvalue weighted by atomic mass is 16.5. The van der Waals surface area contributed by atoms with E-state index in [2.05, 4.69) is 19.1 Å². The molecular weight excluding hydrogens is 234 g/mol. The van der Waals surface area contributed by atoms with E-state index < -0.39 is 0 Å². The SMILES string of the molecule is Cc1ccccc1C(N)c1cccc(OC(C)C)c1. The predicted octanol–water partition coefficient (Wildman–Crippen LogP) is 3.83. The van der Waals surface area contributed by atoms with Gasteiger partial charge < -0.3 is 10.5 Å². The monoisotopic (exact) mass is 255 g/mol. The van der Waals surface area contributed by atoms with Gasteiger partial charge in [0.05, 0.1) is 12.1 Å². The Hall–Kier alpha value is -1.80. The van der Waals surface area contributed by atoms with Gasteiger partial charge in [-0.2, -0.15) is 0 Å². The molecule has 0 aliphatic heterocycles. The molecule has 0 radical (unpaired) electrons. The molecule has 2 aromatic carbocycles. The number of aryl methyl sites for hydroxylation is 1. The summed E-state index contributed by atoms with van der Waals surface area (Å²) < 4.78 is 5.72. The molecule has 2 heteroatoms. The van der Waals surface area contributed by atoms with Crippen LogP contribution in [0.25, 0.3) is 0 Å². The second kappa shape index (κ2) is 5.89. The Morgan fingerprint density at radius 2 is 1.74 bits per heavy atom. The topological polar surface area (TPSA) is 35.2 Å². The molecule has 1 unspecified atom stereocenters. The molecule has 0 bridgehead atoms. The quantitative estimate of drug-likeness (QED) is 0.901. The summed E-state index contributed by atoms with van der Waals surface area (Å²) >= 11 is 0. The Kier molecular flexibility index (Phi) is 4.23. The Morgan fingerprint density at radius 3 is 2.42 bits per heavy atom. The van der Waals surface area contributed by atoms with Gasteiger partial charge in [0.1, 0.15) is 5.75 Å². The normalized spacial score (nSPS) is 12.5. The van der Waals surface area contributed by atoms with Crippen molar-refractivity contribution in [2.24, 2.45) is 5.73 Å². The van der Waals surface area contributed by atoms with Crippen molar-refractivity contribution in [1.29, 1.82) is 0 Å². The van der Waals surface area contributed by atoms with Crippen molar-refractivity contribution < 1.29 is 4.74 Å². The summed E-state index contributed by atoms with van der Waals surface area (Å²) in [6.07, 6.45) is 0.171. The van der Waals surface area contributed by atoms with Gasteiger partial charge >= 0.3 is 0 Å². The lowest BCUT2D eigenvalue weighted by Crippen LogP contribution is -2.13. The molecule has 0 fully saturated rings. The molecule has 2 rings (SSSR count). The Bertz CT molecular complexity index is 548. The zero-order valence-corrected chi connectivity index (χ0v) is 11.8. The summed E-state index contributed by atoms with van der Waals surface area (Å²) in [4.78, 5) is 0. The van der Waals surface area contributed by atoms with Crippen LogP contribution >= 0.6 is 0 Å². The fourth-order valence-corrected chi connectivity index (χ4v) is 2.17. The lowest BCUT2D eigenvalue weighted by molar-refractivity contribution is 0.242. The first kappa shape index (κ1) is 13.6. The van der Waals surface area contributed by atoms with E-state index in [0.717, 1.165) is 16.9 Å². The van der Waals surface area contributed by atoms with Crippen LogP contribution in [0.5, 0.6) is 5.75 Å². The number of ether oxygens (including phenoxy) is 1. The van der Waals surface area contributed by atoms with E-state index in [-0.39, 0.29) is 12.1 Å². The first-order chi connectivity index (χ1) is 9.08. The molecule has 1 atom stereocenters. The average molecular weight is 255 g/mol. The van der Waals surface area contributed by atoms with Crippen LogP contribution in [0.2, 0.25) is 0 Å². The van der Waals surface area contributed by atoms with E-state index in [1.807, 2.05) is 50.2 Å². The van der Waals surface area contributed by atoms with E-state index in [1.165, 1.54) is 5.56 Å². The standard InChI is InChI=1S/C17H21NO/c1-12(2)19-15-9-6-8-14(11-15)17(18)16-10-5-4-7-13(16)3/h4-12,17H,18H2,1-3H3. The highest BCUT2D eigenvalue weighted by molar-refractivity contribution is 5.39. The van der Waals surface area contributed by atoms with Crippen molar-refractivity contribution in [2.45, 2.75) is 32.9 Å². The van der Waals surface area contributed by atoms with Crippen LogP contribution in [0.4, 0.5) is 0 Å². The van der Waals surface area contributed by atoms with Gasteiger partial charge in [-0.25, -0.2) is 0 Å². The van der Waals surface area contributed by atoms with Crippen LogP contribution in [-0.4, -0.2) is 6.10 Å². The van der Waals surface area contributed by atoms with Crippen molar-refractivity contribution in [2.75, 3.05) is 0 Å². The van der Waals surface area contributed by atoms with Crippen LogP contribution in [0, 0.1) is 6.92 Å². The van der Waals surface area contributed by atoms with Crippen LogP contribution < -0.4 is 10.5 Å². The van der Waals surface area contributed by atoms with Crippen molar-refractivity contribution in [3.8, 4) is 5.75 Å². The van der Waals surface area contributed by atoms with Crippen LogP contribution in [0.15, 0.2) is 48.5 Å². The first-order valence-electron chi connectivity index (χ1n) is 6.65. The number of hydrogen-bond donors (Lipinski definition) is 1. The summed E-state index contributed by atoms with van der Waals surface area (Å²) in [5.74, 6) is 0.872. The van der Waals surface area contributed by atoms with Crippen molar-refractivity contribution in [3.05, 3.63) is 65.2 Å². The molecule has 2 N–H and O–H groups in total. The molecule has 19 heavy (non-hydrogen) atoms. The zero-order chi connectivity index (χ0) is 13.8. The smallest absolute Gasteiger partial charge is 0.120 e. The van der Waals surface area contributed by atoms with Gasteiger partial charge in [-0.15, -0.1) is 0 Å². The molecule has 100 valence electrons.